The van der Waals surface area contributed by atoms with E-state index in [2.05, 4.69) is 143 Å². The minimum Gasteiger partial charge on any atom is -0.0843 e. The van der Waals surface area contributed by atoms with Crippen LogP contribution in [0.5, 0.6) is 0 Å². The first kappa shape index (κ1) is 24.6. The van der Waals surface area contributed by atoms with Crippen molar-refractivity contribution in [1.29, 1.82) is 0 Å². The van der Waals surface area contributed by atoms with Crippen molar-refractivity contribution in [3.05, 3.63) is 143 Å². The summed E-state index contributed by atoms with van der Waals surface area (Å²) in [5.41, 5.74) is 15.9. The second-order valence-electron chi connectivity index (χ2n) is 12.7. The lowest BCUT2D eigenvalue weighted by molar-refractivity contribution is 0.639. The van der Waals surface area contributed by atoms with Crippen LogP contribution in [-0.4, -0.2) is 0 Å². The normalized spacial score (nSPS) is 15.3. The third-order valence-corrected chi connectivity index (χ3v) is 9.94. The van der Waals surface area contributed by atoms with Gasteiger partial charge in [-0.1, -0.05) is 136 Å². The quantitative estimate of drug-likeness (QED) is 0.202. The van der Waals surface area contributed by atoms with E-state index in [1.165, 1.54) is 72.1 Å². The molecule has 0 N–H and O–H groups in total. The molecule has 0 radical (unpaired) electrons. The molecule has 0 unspecified atom stereocenters. The Kier molecular flexibility index (Phi) is 5.08. The monoisotopic (exact) mass is 546 g/mol. The molecule has 8 rings (SSSR count). The van der Waals surface area contributed by atoms with E-state index in [4.69, 9.17) is 11.6 Å². The summed E-state index contributed by atoms with van der Waals surface area (Å²) >= 11 is 6.69. The number of fused-ring (bicyclic) bond motifs is 7. The molecule has 41 heavy (non-hydrogen) atoms. The van der Waals surface area contributed by atoms with E-state index >= 15 is 0 Å². The van der Waals surface area contributed by atoms with Gasteiger partial charge in [-0.25, -0.2) is 0 Å². The SMILES string of the molecule is CC1(C)c2ccccc2-c2cc3c(cc21)C(C)(C)c1cccc(-c2cccc4cc(Cl)cc(-c5ccccc5)c24)c1-3. The molecule has 6 aromatic carbocycles. The van der Waals surface area contributed by atoms with Crippen molar-refractivity contribution >= 4 is 22.4 Å². The molecule has 0 fully saturated rings. The topological polar surface area (TPSA) is 0 Å². The summed E-state index contributed by atoms with van der Waals surface area (Å²) in [6, 6.07) is 42.3. The lowest BCUT2D eigenvalue weighted by Crippen LogP contribution is -2.18. The highest BCUT2D eigenvalue weighted by molar-refractivity contribution is 6.32. The van der Waals surface area contributed by atoms with Gasteiger partial charge < -0.3 is 0 Å². The first-order valence-electron chi connectivity index (χ1n) is 14.5. The molecular formula is C40H31Cl. The second kappa shape index (κ2) is 8.44. The van der Waals surface area contributed by atoms with Gasteiger partial charge in [-0.3, -0.25) is 0 Å². The largest absolute Gasteiger partial charge is 0.0843 e. The molecule has 0 atom stereocenters. The van der Waals surface area contributed by atoms with Crippen molar-refractivity contribution in [3.63, 3.8) is 0 Å². The second-order valence-corrected chi connectivity index (χ2v) is 13.1. The summed E-state index contributed by atoms with van der Waals surface area (Å²) in [6.45, 7) is 9.52. The number of hydrogen-bond acceptors (Lipinski definition) is 0. The van der Waals surface area contributed by atoms with Crippen LogP contribution in [0.15, 0.2) is 115 Å². The Balaban J connectivity index is 1.45. The van der Waals surface area contributed by atoms with E-state index in [0.29, 0.717) is 0 Å². The Morgan fingerprint density at radius 2 is 1.07 bits per heavy atom. The highest BCUT2D eigenvalue weighted by Crippen LogP contribution is 2.58. The number of rotatable bonds is 2. The van der Waals surface area contributed by atoms with Crippen LogP contribution in [0.1, 0.15) is 49.9 Å². The molecule has 0 aromatic heterocycles. The smallest absolute Gasteiger partial charge is 0.0418 e. The fraction of sp³-hybridized carbons (Fsp3) is 0.150. The molecule has 0 bridgehead atoms. The Morgan fingerprint density at radius 1 is 0.439 bits per heavy atom. The first-order valence-corrected chi connectivity index (χ1v) is 14.9. The van der Waals surface area contributed by atoms with E-state index in [-0.39, 0.29) is 10.8 Å². The summed E-state index contributed by atoms with van der Waals surface area (Å²) < 4.78 is 0. The van der Waals surface area contributed by atoms with Crippen LogP contribution in [0.2, 0.25) is 5.02 Å². The van der Waals surface area contributed by atoms with Crippen molar-refractivity contribution < 1.29 is 0 Å². The maximum Gasteiger partial charge on any atom is 0.0418 e. The maximum atomic E-state index is 6.69. The van der Waals surface area contributed by atoms with Crippen molar-refractivity contribution in [2.24, 2.45) is 0 Å². The van der Waals surface area contributed by atoms with Gasteiger partial charge in [-0.05, 0) is 95.7 Å². The molecule has 1 heteroatoms. The molecule has 0 spiro atoms. The predicted molar refractivity (Wildman–Crippen MR) is 175 cm³/mol. The minimum absolute atomic E-state index is 0.0197. The molecule has 0 aliphatic heterocycles. The van der Waals surface area contributed by atoms with E-state index in [1.54, 1.807) is 0 Å². The summed E-state index contributed by atoms with van der Waals surface area (Å²) in [7, 11) is 0. The fourth-order valence-corrected chi connectivity index (χ4v) is 7.89. The van der Waals surface area contributed by atoms with E-state index in [9.17, 15) is 0 Å². The molecule has 0 heterocycles. The molecule has 0 saturated heterocycles. The summed E-state index contributed by atoms with van der Waals surface area (Å²) in [6.07, 6.45) is 0. The third-order valence-electron chi connectivity index (χ3n) is 9.72. The van der Waals surface area contributed by atoms with E-state index < -0.39 is 0 Å². The highest BCUT2D eigenvalue weighted by atomic mass is 35.5. The zero-order chi connectivity index (χ0) is 28.1. The van der Waals surface area contributed by atoms with Crippen LogP contribution in [0.3, 0.4) is 0 Å². The van der Waals surface area contributed by atoms with E-state index in [1.807, 2.05) is 0 Å². The van der Waals surface area contributed by atoms with Crippen LogP contribution in [0.4, 0.5) is 0 Å². The molecule has 198 valence electrons. The van der Waals surface area contributed by atoms with Gasteiger partial charge >= 0.3 is 0 Å². The average Bonchev–Trinajstić information content (AvgIpc) is 3.35. The van der Waals surface area contributed by atoms with Gasteiger partial charge in [0.2, 0.25) is 0 Å². The zero-order valence-electron chi connectivity index (χ0n) is 23.8. The number of hydrogen-bond donors (Lipinski definition) is 0. The van der Waals surface area contributed by atoms with Crippen LogP contribution in [0, 0.1) is 0 Å². The molecule has 6 aromatic rings. The van der Waals surface area contributed by atoms with Gasteiger partial charge in [-0.2, -0.15) is 0 Å². The predicted octanol–water partition coefficient (Wildman–Crippen LogP) is 11.4. The van der Waals surface area contributed by atoms with Crippen molar-refractivity contribution in [2.75, 3.05) is 0 Å². The lowest BCUT2D eigenvalue weighted by atomic mass is 9.77. The van der Waals surface area contributed by atoms with Gasteiger partial charge in [-0.15, -0.1) is 0 Å². The number of halogens is 1. The fourth-order valence-electron chi connectivity index (χ4n) is 7.67. The van der Waals surface area contributed by atoms with Gasteiger partial charge in [0.25, 0.3) is 0 Å². The standard InChI is InChI=1S/C40H31Cl/c1-39(2)33-18-9-8-15-27(33)31-22-32-36(23-35(31)39)40(3,4)34-19-11-17-29(38(32)34)28-16-10-14-25-20-26(41)21-30(37(25)28)24-12-6-5-7-13-24/h5-23H,1-4H3. The first-order chi connectivity index (χ1) is 19.8. The Hall–Kier alpha value is -4.13. The van der Waals surface area contributed by atoms with Gasteiger partial charge in [0.05, 0.1) is 0 Å². The zero-order valence-corrected chi connectivity index (χ0v) is 24.6. The Labute approximate surface area is 247 Å². The van der Waals surface area contributed by atoms with Gasteiger partial charge in [0.1, 0.15) is 0 Å². The molecule has 0 amide bonds. The molecular weight excluding hydrogens is 516 g/mol. The van der Waals surface area contributed by atoms with Gasteiger partial charge in [0, 0.05) is 15.9 Å². The van der Waals surface area contributed by atoms with Crippen molar-refractivity contribution in [1.82, 2.24) is 0 Å². The minimum atomic E-state index is -0.100. The van der Waals surface area contributed by atoms with Crippen LogP contribution in [-0.2, 0) is 10.8 Å². The van der Waals surface area contributed by atoms with Crippen LogP contribution in [0.25, 0.3) is 55.3 Å². The summed E-state index contributed by atoms with van der Waals surface area (Å²) in [5, 5.41) is 3.17. The molecule has 2 aliphatic carbocycles. The van der Waals surface area contributed by atoms with Crippen molar-refractivity contribution in [3.8, 4) is 44.5 Å². The van der Waals surface area contributed by atoms with E-state index in [0.717, 1.165) is 10.4 Å². The maximum absolute atomic E-state index is 6.69. The molecule has 0 saturated carbocycles. The van der Waals surface area contributed by atoms with Gasteiger partial charge in [0.15, 0.2) is 0 Å². The average molecular weight is 547 g/mol. The van der Waals surface area contributed by atoms with Crippen LogP contribution < -0.4 is 0 Å². The summed E-state index contributed by atoms with van der Waals surface area (Å²) in [5.74, 6) is 0. The summed E-state index contributed by atoms with van der Waals surface area (Å²) in [4.78, 5) is 0. The molecule has 0 nitrogen and oxygen atoms in total. The Bertz CT molecular complexity index is 2040. The third kappa shape index (κ3) is 3.35. The van der Waals surface area contributed by atoms with Crippen LogP contribution >= 0.6 is 11.6 Å². The Morgan fingerprint density at radius 3 is 1.90 bits per heavy atom. The highest BCUT2D eigenvalue weighted by Gasteiger charge is 2.42. The lowest BCUT2D eigenvalue weighted by Gasteiger charge is -2.25. The van der Waals surface area contributed by atoms with Crippen molar-refractivity contribution in [2.45, 2.75) is 38.5 Å². The molecule has 2 aliphatic rings. The number of benzene rings is 6.